The monoisotopic (exact) mass is 485 g/mol. The van der Waals surface area contributed by atoms with E-state index in [2.05, 4.69) is 51.5 Å². The summed E-state index contributed by atoms with van der Waals surface area (Å²) in [6.07, 6.45) is 11.5. The van der Waals surface area contributed by atoms with Gasteiger partial charge in [0.25, 0.3) is 0 Å². The highest BCUT2D eigenvalue weighted by atomic mass is 79.9. The molecule has 2 N–H and O–H groups in total. The number of nitrogens with zero attached hydrogens (tertiary/aromatic N) is 1. The summed E-state index contributed by atoms with van der Waals surface area (Å²) in [4.78, 5) is 29.1. The van der Waals surface area contributed by atoms with E-state index in [1.807, 2.05) is 18.2 Å². The summed E-state index contributed by atoms with van der Waals surface area (Å²) in [6.45, 7) is 4.81. The van der Waals surface area contributed by atoms with Crippen LogP contribution in [-0.2, 0) is 9.59 Å². The molecule has 0 radical (unpaired) electrons. The highest BCUT2D eigenvalue weighted by molar-refractivity contribution is 9.10. The molecule has 5 rings (SSSR count). The summed E-state index contributed by atoms with van der Waals surface area (Å²) in [5, 5.41) is 6.23. The average Bonchev–Trinajstić information content (AvgIpc) is 3.05. The molecule has 31 heavy (non-hydrogen) atoms. The van der Waals surface area contributed by atoms with Crippen molar-refractivity contribution < 1.29 is 9.59 Å². The highest BCUT2D eigenvalue weighted by Crippen LogP contribution is 2.65. The van der Waals surface area contributed by atoms with Crippen molar-refractivity contribution in [3.8, 4) is 0 Å². The number of halogens is 1. The highest BCUT2D eigenvalue weighted by Gasteiger charge is 2.59. The third kappa shape index (κ3) is 3.55. The Morgan fingerprint density at radius 1 is 1.19 bits per heavy atom. The van der Waals surface area contributed by atoms with Gasteiger partial charge in [0, 0.05) is 17.9 Å². The Labute approximate surface area is 193 Å². The maximum atomic E-state index is 12.8. The summed E-state index contributed by atoms with van der Waals surface area (Å²) in [6, 6.07) is 5.86. The number of hydrogen-bond acceptors (Lipinski definition) is 3. The first-order valence-corrected chi connectivity index (χ1v) is 12.5. The summed E-state index contributed by atoms with van der Waals surface area (Å²) in [5.41, 5.74) is 0.300. The second kappa shape index (κ2) is 7.72. The summed E-state index contributed by atoms with van der Waals surface area (Å²) < 4.78 is 0.730. The van der Waals surface area contributed by atoms with Crippen LogP contribution in [0.1, 0.15) is 58.8 Å². The van der Waals surface area contributed by atoms with Crippen molar-refractivity contribution in [1.29, 1.82) is 0 Å². The van der Waals surface area contributed by atoms with Gasteiger partial charge in [0.05, 0.1) is 0 Å². The maximum absolute atomic E-state index is 12.8. The van der Waals surface area contributed by atoms with E-state index in [0.29, 0.717) is 35.9 Å². The predicted octanol–water partition coefficient (Wildman–Crippen LogP) is 5.09. The Bertz CT molecular complexity index is 933. The third-order valence-corrected chi connectivity index (χ3v) is 9.74. The van der Waals surface area contributed by atoms with E-state index in [0.717, 1.165) is 17.4 Å². The Hall–Kier alpha value is -1.69. The topological polar surface area (TPSA) is 71.1 Å². The van der Waals surface area contributed by atoms with Gasteiger partial charge in [0.2, 0.25) is 11.8 Å². The van der Waals surface area contributed by atoms with Crippen LogP contribution < -0.4 is 10.6 Å². The molecule has 7 atom stereocenters. The van der Waals surface area contributed by atoms with Crippen LogP contribution in [0.25, 0.3) is 0 Å². The lowest BCUT2D eigenvalue weighted by molar-refractivity contribution is -0.123. The van der Waals surface area contributed by atoms with Crippen molar-refractivity contribution >= 4 is 33.6 Å². The molecule has 5 nitrogen and oxygen atoms in total. The minimum absolute atomic E-state index is 0.0634. The molecule has 3 aliphatic carbocycles. The molecule has 1 aliphatic heterocycles. The molecule has 3 fully saturated rings. The molecule has 1 aromatic rings. The molecule has 0 aromatic carbocycles. The molecule has 0 bridgehead atoms. The number of hydrogen-bond donors (Lipinski definition) is 2. The van der Waals surface area contributed by atoms with E-state index >= 15 is 0 Å². The van der Waals surface area contributed by atoms with Crippen molar-refractivity contribution in [3.63, 3.8) is 0 Å². The van der Waals surface area contributed by atoms with Crippen LogP contribution >= 0.6 is 15.9 Å². The number of fused-ring (bicyclic) bond motifs is 5. The summed E-state index contributed by atoms with van der Waals surface area (Å²) in [5.74, 6) is 3.18. The van der Waals surface area contributed by atoms with E-state index < -0.39 is 0 Å². The molecule has 3 saturated carbocycles. The second-order valence-corrected chi connectivity index (χ2v) is 11.4. The van der Waals surface area contributed by atoms with Crippen LogP contribution in [0.2, 0.25) is 0 Å². The Balaban J connectivity index is 1.30. The SMILES string of the molecule is C[C@]12C=CC(=O)N[C@@H]1CC[C@@H]1[C@@H]2CC[C@]2(C)[C@@H](CC(=O)Nc3cccc(Br)n3)CC[C@@H]12. The molecule has 0 spiro atoms. The first-order valence-electron chi connectivity index (χ1n) is 11.7. The minimum atomic E-state index is 0.0634. The molecule has 2 amide bonds. The van der Waals surface area contributed by atoms with Crippen LogP contribution in [0.4, 0.5) is 5.82 Å². The number of anilines is 1. The predicted molar refractivity (Wildman–Crippen MR) is 124 cm³/mol. The van der Waals surface area contributed by atoms with Gasteiger partial charge in [-0.3, -0.25) is 9.59 Å². The minimum Gasteiger partial charge on any atom is -0.349 e. The number of carbonyl (C=O) groups excluding carboxylic acids is 2. The van der Waals surface area contributed by atoms with Gasteiger partial charge in [-0.1, -0.05) is 26.0 Å². The van der Waals surface area contributed by atoms with Crippen LogP contribution in [0, 0.1) is 34.5 Å². The third-order valence-electron chi connectivity index (χ3n) is 9.30. The number of amides is 2. The van der Waals surface area contributed by atoms with E-state index in [4.69, 9.17) is 0 Å². The van der Waals surface area contributed by atoms with Crippen LogP contribution in [0.5, 0.6) is 0 Å². The van der Waals surface area contributed by atoms with Gasteiger partial charge in [-0.05, 0) is 102 Å². The van der Waals surface area contributed by atoms with E-state index in [9.17, 15) is 9.59 Å². The molecule has 166 valence electrons. The average molecular weight is 486 g/mol. The fourth-order valence-electron chi connectivity index (χ4n) is 7.67. The normalized spacial score (nSPS) is 41.0. The lowest BCUT2D eigenvalue weighted by atomic mass is 9.48. The van der Waals surface area contributed by atoms with E-state index in [1.54, 1.807) is 6.08 Å². The summed E-state index contributed by atoms with van der Waals surface area (Å²) in [7, 11) is 0. The molecule has 6 heteroatoms. The number of aromatic nitrogens is 1. The molecular weight excluding hydrogens is 454 g/mol. The molecular formula is C25H32BrN3O2. The van der Waals surface area contributed by atoms with Crippen LogP contribution in [-0.4, -0.2) is 22.8 Å². The number of nitrogens with one attached hydrogen (secondary N) is 2. The number of carbonyl (C=O) groups is 2. The quantitative estimate of drug-likeness (QED) is 0.585. The van der Waals surface area contributed by atoms with Gasteiger partial charge in [-0.15, -0.1) is 0 Å². The van der Waals surface area contributed by atoms with Gasteiger partial charge in [-0.25, -0.2) is 4.98 Å². The van der Waals surface area contributed by atoms with Crippen molar-refractivity contribution in [2.24, 2.45) is 34.5 Å². The zero-order valence-electron chi connectivity index (χ0n) is 18.4. The fourth-order valence-corrected chi connectivity index (χ4v) is 8.02. The molecule has 0 saturated heterocycles. The van der Waals surface area contributed by atoms with Gasteiger partial charge >= 0.3 is 0 Å². The van der Waals surface area contributed by atoms with E-state index in [-0.39, 0.29) is 28.7 Å². The summed E-state index contributed by atoms with van der Waals surface area (Å²) >= 11 is 3.37. The molecule has 0 unspecified atom stereocenters. The van der Waals surface area contributed by atoms with Crippen molar-refractivity contribution in [3.05, 3.63) is 35.0 Å². The second-order valence-electron chi connectivity index (χ2n) is 10.6. The fraction of sp³-hybridized carbons (Fsp3) is 0.640. The number of pyridine rings is 1. The first-order chi connectivity index (χ1) is 14.8. The molecule has 2 heterocycles. The van der Waals surface area contributed by atoms with Gasteiger partial charge in [0.1, 0.15) is 10.4 Å². The molecule has 4 aliphatic rings. The van der Waals surface area contributed by atoms with Crippen molar-refractivity contribution in [2.45, 2.75) is 64.8 Å². The van der Waals surface area contributed by atoms with Crippen molar-refractivity contribution in [2.75, 3.05) is 5.32 Å². The number of rotatable bonds is 3. The maximum Gasteiger partial charge on any atom is 0.243 e. The lowest BCUT2D eigenvalue weighted by Crippen LogP contribution is -2.59. The zero-order valence-corrected chi connectivity index (χ0v) is 20.0. The van der Waals surface area contributed by atoms with Gasteiger partial charge in [0.15, 0.2) is 0 Å². The molecule has 1 aromatic heterocycles. The van der Waals surface area contributed by atoms with Crippen LogP contribution in [0.15, 0.2) is 35.0 Å². The van der Waals surface area contributed by atoms with E-state index in [1.165, 1.54) is 25.7 Å². The van der Waals surface area contributed by atoms with Gasteiger partial charge < -0.3 is 10.6 Å². The Morgan fingerprint density at radius 2 is 2.03 bits per heavy atom. The largest absolute Gasteiger partial charge is 0.349 e. The lowest BCUT2D eigenvalue weighted by Gasteiger charge is -2.59. The standard InChI is InChI=1S/C25H32BrN3O2/c1-24-12-10-18-16(7-9-19-25(18,2)13-11-22(30)27-19)17(24)8-6-15(24)14-23(31)29-21-5-3-4-20(26)28-21/h3-5,11,13,15-19H,6-10,12,14H2,1-2H3,(H,27,30)(H,28,29,31)/t15-,16+,17+,18+,19-,24-,25-/m1/s1. The van der Waals surface area contributed by atoms with Gasteiger partial charge in [-0.2, -0.15) is 0 Å². The van der Waals surface area contributed by atoms with Crippen LogP contribution in [0.3, 0.4) is 0 Å². The zero-order chi connectivity index (χ0) is 21.8. The first kappa shape index (κ1) is 21.2. The smallest absolute Gasteiger partial charge is 0.243 e. The van der Waals surface area contributed by atoms with Crippen molar-refractivity contribution in [1.82, 2.24) is 10.3 Å². The Morgan fingerprint density at radius 3 is 2.84 bits per heavy atom. The Kier molecular flexibility index (Phi) is 5.27.